The van der Waals surface area contributed by atoms with Crippen LogP contribution in [0.4, 0.5) is 5.82 Å². The van der Waals surface area contributed by atoms with Gasteiger partial charge in [0.15, 0.2) is 0 Å². The van der Waals surface area contributed by atoms with Gasteiger partial charge in [0.05, 0.1) is 18.1 Å². The standard InChI is InChI=1S/C10H16N4S/c1-14(9-2-3-15-7-9)6-8-4-13-10(11)5-12-8/h4-5,9H,2-3,6-7H2,1H3,(H2,11,13). The number of aromatic nitrogens is 2. The molecular weight excluding hydrogens is 208 g/mol. The molecule has 2 rings (SSSR count). The maximum atomic E-state index is 5.49. The molecule has 0 aliphatic carbocycles. The van der Waals surface area contributed by atoms with Crippen LogP contribution in [0.3, 0.4) is 0 Å². The first-order valence-corrected chi connectivity index (χ1v) is 6.25. The van der Waals surface area contributed by atoms with Gasteiger partial charge in [-0.05, 0) is 19.2 Å². The van der Waals surface area contributed by atoms with Gasteiger partial charge in [-0.25, -0.2) is 4.98 Å². The molecule has 1 saturated heterocycles. The van der Waals surface area contributed by atoms with Crippen molar-refractivity contribution < 1.29 is 0 Å². The third-order valence-corrected chi connectivity index (χ3v) is 3.81. The summed E-state index contributed by atoms with van der Waals surface area (Å²) < 4.78 is 0. The number of nitrogens with zero attached hydrogens (tertiary/aromatic N) is 3. The van der Waals surface area contributed by atoms with E-state index in [1.54, 1.807) is 12.4 Å². The second-order valence-corrected chi connectivity index (χ2v) is 5.01. The average molecular weight is 224 g/mol. The van der Waals surface area contributed by atoms with Crippen LogP contribution in [0.25, 0.3) is 0 Å². The first-order valence-electron chi connectivity index (χ1n) is 5.10. The van der Waals surface area contributed by atoms with E-state index in [-0.39, 0.29) is 0 Å². The van der Waals surface area contributed by atoms with Gasteiger partial charge in [-0.1, -0.05) is 0 Å². The molecule has 1 atom stereocenters. The van der Waals surface area contributed by atoms with Crippen molar-refractivity contribution in [1.29, 1.82) is 0 Å². The highest BCUT2D eigenvalue weighted by molar-refractivity contribution is 7.99. The molecule has 0 radical (unpaired) electrons. The van der Waals surface area contributed by atoms with Crippen LogP contribution in [0.5, 0.6) is 0 Å². The fourth-order valence-electron chi connectivity index (χ4n) is 1.70. The molecule has 1 aliphatic heterocycles. The van der Waals surface area contributed by atoms with Crippen LogP contribution >= 0.6 is 11.8 Å². The van der Waals surface area contributed by atoms with Gasteiger partial charge >= 0.3 is 0 Å². The molecule has 0 aromatic carbocycles. The summed E-state index contributed by atoms with van der Waals surface area (Å²) in [6, 6.07) is 0.689. The molecule has 15 heavy (non-hydrogen) atoms. The fourth-order valence-corrected chi connectivity index (χ4v) is 3.00. The van der Waals surface area contributed by atoms with Gasteiger partial charge in [0.25, 0.3) is 0 Å². The molecule has 82 valence electrons. The second-order valence-electron chi connectivity index (χ2n) is 3.87. The Morgan fingerprint density at radius 1 is 1.53 bits per heavy atom. The maximum Gasteiger partial charge on any atom is 0.141 e. The van der Waals surface area contributed by atoms with Crippen molar-refractivity contribution in [3.63, 3.8) is 0 Å². The van der Waals surface area contributed by atoms with E-state index in [1.165, 1.54) is 17.9 Å². The largest absolute Gasteiger partial charge is 0.382 e. The van der Waals surface area contributed by atoms with Crippen molar-refractivity contribution in [2.45, 2.75) is 19.0 Å². The van der Waals surface area contributed by atoms with E-state index in [0.717, 1.165) is 12.2 Å². The number of rotatable bonds is 3. The Morgan fingerprint density at radius 3 is 3.00 bits per heavy atom. The zero-order valence-corrected chi connectivity index (χ0v) is 9.70. The summed E-state index contributed by atoms with van der Waals surface area (Å²) in [6.07, 6.45) is 4.66. The molecule has 2 heterocycles. The molecule has 1 aromatic heterocycles. The molecule has 0 saturated carbocycles. The van der Waals surface area contributed by atoms with E-state index in [2.05, 4.69) is 21.9 Å². The van der Waals surface area contributed by atoms with Crippen molar-refractivity contribution in [3.05, 3.63) is 18.1 Å². The van der Waals surface area contributed by atoms with Gasteiger partial charge < -0.3 is 5.73 Å². The Morgan fingerprint density at radius 2 is 2.40 bits per heavy atom. The molecule has 1 fully saturated rings. The molecule has 0 bridgehead atoms. The van der Waals surface area contributed by atoms with Crippen molar-refractivity contribution >= 4 is 17.6 Å². The van der Waals surface area contributed by atoms with Gasteiger partial charge in [0.1, 0.15) is 5.82 Å². The Hall–Kier alpha value is -0.810. The Labute approximate surface area is 94.3 Å². The molecule has 5 heteroatoms. The van der Waals surface area contributed by atoms with Gasteiger partial charge in [-0.2, -0.15) is 11.8 Å². The molecule has 0 spiro atoms. The summed E-state index contributed by atoms with van der Waals surface area (Å²) in [6.45, 7) is 0.860. The Balaban J connectivity index is 1.92. The lowest BCUT2D eigenvalue weighted by Gasteiger charge is -2.22. The topological polar surface area (TPSA) is 55.0 Å². The first kappa shape index (κ1) is 10.7. The summed E-state index contributed by atoms with van der Waals surface area (Å²) in [5.41, 5.74) is 6.48. The number of nitrogens with two attached hydrogens (primary N) is 1. The van der Waals surface area contributed by atoms with E-state index in [9.17, 15) is 0 Å². The Bertz CT molecular complexity index is 308. The summed E-state index contributed by atoms with van der Waals surface area (Å²) in [7, 11) is 2.15. The lowest BCUT2D eigenvalue weighted by atomic mass is 10.2. The van der Waals surface area contributed by atoms with E-state index < -0.39 is 0 Å². The minimum absolute atomic E-state index is 0.484. The molecule has 4 nitrogen and oxygen atoms in total. The van der Waals surface area contributed by atoms with Crippen LogP contribution in [-0.2, 0) is 6.54 Å². The van der Waals surface area contributed by atoms with Crippen LogP contribution in [0, 0.1) is 0 Å². The lowest BCUT2D eigenvalue weighted by Crippen LogP contribution is -2.31. The minimum atomic E-state index is 0.484. The summed E-state index contributed by atoms with van der Waals surface area (Å²) in [5, 5.41) is 0. The Kier molecular flexibility index (Phi) is 3.43. The highest BCUT2D eigenvalue weighted by Gasteiger charge is 2.20. The summed E-state index contributed by atoms with van der Waals surface area (Å²) in [5.74, 6) is 3.00. The highest BCUT2D eigenvalue weighted by atomic mass is 32.2. The van der Waals surface area contributed by atoms with Crippen molar-refractivity contribution in [3.8, 4) is 0 Å². The number of hydrogen-bond acceptors (Lipinski definition) is 5. The molecule has 1 unspecified atom stereocenters. The smallest absolute Gasteiger partial charge is 0.141 e. The van der Waals surface area contributed by atoms with E-state index in [4.69, 9.17) is 5.73 Å². The zero-order valence-electron chi connectivity index (χ0n) is 8.89. The van der Waals surface area contributed by atoms with Crippen LogP contribution in [0.15, 0.2) is 12.4 Å². The van der Waals surface area contributed by atoms with Gasteiger partial charge in [-0.3, -0.25) is 9.88 Å². The highest BCUT2D eigenvalue weighted by Crippen LogP contribution is 2.22. The zero-order chi connectivity index (χ0) is 10.7. The van der Waals surface area contributed by atoms with Crippen LogP contribution in [-0.4, -0.2) is 39.5 Å². The van der Waals surface area contributed by atoms with Crippen LogP contribution in [0.2, 0.25) is 0 Å². The normalized spacial score (nSPS) is 21.1. The predicted octanol–water partition coefficient (Wildman–Crippen LogP) is 0.996. The lowest BCUT2D eigenvalue weighted by molar-refractivity contribution is 0.251. The van der Waals surface area contributed by atoms with Crippen molar-refractivity contribution in [1.82, 2.24) is 14.9 Å². The maximum absolute atomic E-state index is 5.49. The number of anilines is 1. The average Bonchev–Trinajstić information content (AvgIpc) is 2.74. The second kappa shape index (κ2) is 4.81. The molecular formula is C10H16N4S. The van der Waals surface area contributed by atoms with Gasteiger partial charge in [0.2, 0.25) is 0 Å². The predicted molar refractivity (Wildman–Crippen MR) is 63.6 cm³/mol. The summed E-state index contributed by atoms with van der Waals surface area (Å²) in [4.78, 5) is 10.6. The number of nitrogen functional groups attached to an aromatic ring is 1. The fraction of sp³-hybridized carbons (Fsp3) is 0.600. The van der Waals surface area contributed by atoms with E-state index in [1.807, 2.05) is 11.8 Å². The molecule has 0 amide bonds. The SMILES string of the molecule is CN(Cc1cnc(N)cn1)C1CCSC1. The molecule has 1 aromatic rings. The van der Waals surface area contributed by atoms with E-state index in [0.29, 0.717) is 11.9 Å². The third kappa shape index (κ3) is 2.82. The number of thioether (sulfide) groups is 1. The van der Waals surface area contributed by atoms with Crippen LogP contribution in [0.1, 0.15) is 12.1 Å². The number of hydrogen-bond donors (Lipinski definition) is 1. The molecule has 2 N–H and O–H groups in total. The van der Waals surface area contributed by atoms with Crippen molar-refractivity contribution in [2.75, 3.05) is 24.3 Å². The van der Waals surface area contributed by atoms with Crippen molar-refractivity contribution in [2.24, 2.45) is 0 Å². The molecule has 1 aliphatic rings. The minimum Gasteiger partial charge on any atom is -0.382 e. The van der Waals surface area contributed by atoms with Gasteiger partial charge in [0, 0.05) is 18.3 Å². The summed E-state index contributed by atoms with van der Waals surface area (Å²) >= 11 is 2.03. The monoisotopic (exact) mass is 224 g/mol. The first-order chi connectivity index (χ1) is 7.25. The third-order valence-electron chi connectivity index (χ3n) is 2.67. The quantitative estimate of drug-likeness (QED) is 0.830. The van der Waals surface area contributed by atoms with Crippen LogP contribution < -0.4 is 5.73 Å². The van der Waals surface area contributed by atoms with E-state index >= 15 is 0 Å². The van der Waals surface area contributed by atoms with Gasteiger partial charge in [-0.15, -0.1) is 0 Å².